The van der Waals surface area contributed by atoms with Gasteiger partial charge in [0.1, 0.15) is 0 Å². The maximum absolute atomic E-state index is 11.4. The highest BCUT2D eigenvalue weighted by atomic mass is 16.1. The number of hydrogen-bond acceptors (Lipinski definition) is 7. The molecule has 0 unspecified atom stereocenters. The smallest absolute Gasteiger partial charge is 0.239 e. The maximum atomic E-state index is 11.4. The molecule has 4 N–H and O–H groups in total. The number of hydrogen-bond donors (Lipinski definition) is 3. The molecule has 0 aliphatic carbocycles. The van der Waals surface area contributed by atoms with Crippen LogP contribution in [0, 0.1) is 0 Å². The van der Waals surface area contributed by atoms with Crippen LogP contribution >= 0.6 is 0 Å². The number of rotatable bonds is 6. The lowest BCUT2D eigenvalue weighted by atomic mass is 10.4. The molecular weight excluding hydrogens is 234 g/mol. The Kier molecular flexibility index (Phi) is 5.09. The average Bonchev–Trinajstić information content (AvgIpc) is 2.33. The second kappa shape index (κ2) is 6.58. The molecule has 1 rings (SSSR count). The molecule has 100 valence electrons. The number of anilines is 3. The molecule has 1 heterocycles. The van der Waals surface area contributed by atoms with Crippen LogP contribution in [0.2, 0.25) is 0 Å². The van der Waals surface area contributed by atoms with Crippen LogP contribution in [0.5, 0.6) is 0 Å². The minimum absolute atomic E-state index is 0.107. The van der Waals surface area contributed by atoms with E-state index in [-0.39, 0.29) is 24.3 Å². The molecule has 0 saturated carbocycles. The van der Waals surface area contributed by atoms with E-state index >= 15 is 0 Å². The highest BCUT2D eigenvalue weighted by Crippen LogP contribution is 2.08. The molecule has 0 bridgehead atoms. The number of carbonyl (C=O) groups is 1. The minimum Gasteiger partial charge on any atom is -0.368 e. The Balaban J connectivity index is 2.59. The van der Waals surface area contributed by atoms with Crippen molar-refractivity contribution in [3.63, 3.8) is 0 Å². The van der Waals surface area contributed by atoms with Gasteiger partial charge < -0.3 is 21.3 Å². The molecule has 8 heteroatoms. The number of nitrogens with one attached hydrogen (secondary N) is 2. The Morgan fingerprint density at radius 3 is 2.67 bits per heavy atom. The van der Waals surface area contributed by atoms with Crippen molar-refractivity contribution >= 4 is 23.8 Å². The fourth-order valence-corrected chi connectivity index (χ4v) is 1.15. The van der Waals surface area contributed by atoms with Crippen LogP contribution < -0.4 is 21.3 Å². The van der Waals surface area contributed by atoms with Gasteiger partial charge in [0.05, 0.1) is 6.54 Å². The van der Waals surface area contributed by atoms with Crippen LogP contribution in [0.4, 0.5) is 17.8 Å². The summed E-state index contributed by atoms with van der Waals surface area (Å²) in [5.74, 6) is 0.740. The molecule has 0 spiro atoms. The standard InChI is InChI=1S/C10H19N7O/c1-4-5-12-7(18)6-13-9-14-8(11)15-10(16-9)17(2)3/h4-6H2,1-3H3,(H,12,18)(H3,11,13,14,15,16). The Morgan fingerprint density at radius 2 is 2.06 bits per heavy atom. The first-order chi connectivity index (χ1) is 8.52. The number of amides is 1. The van der Waals surface area contributed by atoms with Crippen LogP contribution in [0.25, 0.3) is 0 Å². The van der Waals surface area contributed by atoms with Crippen molar-refractivity contribution in [2.75, 3.05) is 43.1 Å². The quantitative estimate of drug-likeness (QED) is 0.624. The van der Waals surface area contributed by atoms with E-state index in [4.69, 9.17) is 5.73 Å². The van der Waals surface area contributed by atoms with Crippen LogP contribution in [0.3, 0.4) is 0 Å². The zero-order valence-corrected chi connectivity index (χ0v) is 10.9. The monoisotopic (exact) mass is 253 g/mol. The van der Waals surface area contributed by atoms with Crippen LogP contribution in [-0.2, 0) is 4.79 Å². The fraction of sp³-hybridized carbons (Fsp3) is 0.600. The molecule has 18 heavy (non-hydrogen) atoms. The largest absolute Gasteiger partial charge is 0.368 e. The van der Waals surface area contributed by atoms with Crippen molar-refractivity contribution < 1.29 is 4.79 Å². The molecule has 1 amide bonds. The second-order valence-electron chi connectivity index (χ2n) is 3.92. The van der Waals surface area contributed by atoms with Crippen molar-refractivity contribution in [1.29, 1.82) is 0 Å². The van der Waals surface area contributed by atoms with E-state index in [1.165, 1.54) is 0 Å². The first-order valence-corrected chi connectivity index (χ1v) is 5.72. The lowest BCUT2D eigenvalue weighted by Gasteiger charge is -2.12. The molecule has 0 fully saturated rings. The Labute approximate surface area is 106 Å². The van der Waals surface area contributed by atoms with Gasteiger partial charge in [-0.1, -0.05) is 6.92 Å². The number of nitrogens with two attached hydrogens (primary N) is 1. The lowest BCUT2D eigenvalue weighted by Crippen LogP contribution is -2.31. The van der Waals surface area contributed by atoms with Crippen molar-refractivity contribution in [2.45, 2.75) is 13.3 Å². The lowest BCUT2D eigenvalue weighted by molar-refractivity contribution is -0.119. The minimum atomic E-state index is -0.109. The zero-order chi connectivity index (χ0) is 13.5. The molecule has 0 aliphatic rings. The number of nitrogens with zero attached hydrogens (tertiary/aromatic N) is 4. The predicted octanol–water partition coefficient (Wildman–Crippen LogP) is -0.542. The number of carbonyl (C=O) groups excluding carboxylic acids is 1. The van der Waals surface area contributed by atoms with E-state index in [0.29, 0.717) is 12.5 Å². The summed E-state index contributed by atoms with van der Waals surface area (Å²) < 4.78 is 0. The fourth-order valence-electron chi connectivity index (χ4n) is 1.15. The molecule has 1 aromatic heterocycles. The first kappa shape index (κ1) is 13.9. The molecule has 0 saturated heterocycles. The summed E-state index contributed by atoms with van der Waals surface area (Å²) >= 11 is 0. The molecule has 0 aliphatic heterocycles. The van der Waals surface area contributed by atoms with E-state index in [1.54, 1.807) is 19.0 Å². The highest BCUT2D eigenvalue weighted by molar-refractivity contribution is 5.80. The first-order valence-electron chi connectivity index (χ1n) is 5.72. The van der Waals surface area contributed by atoms with Gasteiger partial charge in [-0.05, 0) is 6.42 Å². The van der Waals surface area contributed by atoms with Gasteiger partial charge >= 0.3 is 0 Å². The summed E-state index contributed by atoms with van der Waals surface area (Å²) in [7, 11) is 3.60. The summed E-state index contributed by atoms with van der Waals surface area (Å²) in [4.78, 5) is 25.1. The van der Waals surface area contributed by atoms with E-state index in [9.17, 15) is 4.79 Å². The van der Waals surface area contributed by atoms with Gasteiger partial charge in [0, 0.05) is 20.6 Å². The normalized spacial score (nSPS) is 9.94. The SMILES string of the molecule is CCCNC(=O)CNc1nc(N)nc(N(C)C)n1. The van der Waals surface area contributed by atoms with Gasteiger partial charge in [-0.3, -0.25) is 4.79 Å². The molecule has 0 radical (unpaired) electrons. The topological polar surface area (TPSA) is 109 Å². The zero-order valence-electron chi connectivity index (χ0n) is 10.9. The second-order valence-corrected chi connectivity index (χ2v) is 3.92. The summed E-state index contributed by atoms with van der Waals surface area (Å²) in [5.41, 5.74) is 5.55. The van der Waals surface area contributed by atoms with Crippen molar-refractivity contribution in [3.8, 4) is 0 Å². The summed E-state index contributed by atoms with van der Waals surface area (Å²) in [6, 6.07) is 0. The highest BCUT2D eigenvalue weighted by Gasteiger charge is 2.07. The van der Waals surface area contributed by atoms with Crippen LogP contribution in [0.1, 0.15) is 13.3 Å². The van der Waals surface area contributed by atoms with Gasteiger partial charge in [-0.25, -0.2) is 0 Å². The van der Waals surface area contributed by atoms with E-state index in [0.717, 1.165) is 6.42 Å². The van der Waals surface area contributed by atoms with E-state index in [1.807, 2.05) is 6.92 Å². The van der Waals surface area contributed by atoms with Gasteiger partial charge in [-0.15, -0.1) is 0 Å². The van der Waals surface area contributed by atoms with Gasteiger partial charge in [-0.2, -0.15) is 15.0 Å². The van der Waals surface area contributed by atoms with E-state index in [2.05, 4.69) is 25.6 Å². The number of nitrogen functional groups attached to an aromatic ring is 1. The van der Waals surface area contributed by atoms with Crippen molar-refractivity contribution in [2.24, 2.45) is 0 Å². The molecule has 0 aromatic carbocycles. The molecule has 8 nitrogen and oxygen atoms in total. The Morgan fingerprint density at radius 1 is 1.33 bits per heavy atom. The molecular formula is C10H19N7O. The van der Waals surface area contributed by atoms with Crippen LogP contribution in [0.15, 0.2) is 0 Å². The summed E-state index contributed by atoms with van der Waals surface area (Å²) in [5, 5.41) is 5.55. The third kappa shape index (κ3) is 4.40. The van der Waals surface area contributed by atoms with Crippen LogP contribution in [-0.4, -0.2) is 48.0 Å². The maximum Gasteiger partial charge on any atom is 0.239 e. The number of aromatic nitrogens is 3. The van der Waals surface area contributed by atoms with E-state index < -0.39 is 0 Å². The third-order valence-electron chi connectivity index (χ3n) is 2.02. The van der Waals surface area contributed by atoms with Crippen molar-refractivity contribution in [3.05, 3.63) is 0 Å². The summed E-state index contributed by atoms with van der Waals surface area (Å²) in [6.07, 6.45) is 0.898. The Hall–Kier alpha value is -2.12. The third-order valence-corrected chi connectivity index (χ3v) is 2.02. The van der Waals surface area contributed by atoms with Gasteiger partial charge in [0.15, 0.2) is 0 Å². The van der Waals surface area contributed by atoms with Crippen molar-refractivity contribution in [1.82, 2.24) is 20.3 Å². The predicted molar refractivity (Wildman–Crippen MR) is 70.4 cm³/mol. The molecule has 1 aromatic rings. The molecule has 0 atom stereocenters. The van der Waals surface area contributed by atoms with Gasteiger partial charge in [0.2, 0.25) is 23.8 Å². The van der Waals surface area contributed by atoms with Gasteiger partial charge in [0.25, 0.3) is 0 Å². The summed E-state index contributed by atoms with van der Waals surface area (Å²) in [6.45, 7) is 2.75. The average molecular weight is 253 g/mol. The Bertz CT molecular complexity index is 407.